The molecule has 0 radical (unpaired) electrons. The van der Waals surface area contributed by atoms with Crippen molar-refractivity contribution < 1.29 is 18.8 Å². The van der Waals surface area contributed by atoms with Gasteiger partial charge >= 0.3 is 0 Å². The minimum Gasteiger partial charge on any atom is -0.496 e. The predicted octanol–water partition coefficient (Wildman–Crippen LogP) is 4.81. The highest BCUT2D eigenvalue weighted by molar-refractivity contribution is 6.04. The van der Waals surface area contributed by atoms with Crippen LogP contribution in [0.5, 0.6) is 11.5 Å². The van der Waals surface area contributed by atoms with Crippen LogP contribution >= 0.6 is 0 Å². The zero-order chi connectivity index (χ0) is 22.3. The Kier molecular flexibility index (Phi) is 6.46. The molecule has 0 spiro atoms. The van der Waals surface area contributed by atoms with Crippen LogP contribution in [0, 0.1) is 6.92 Å². The maximum absolute atomic E-state index is 12.7. The van der Waals surface area contributed by atoms with E-state index in [0.29, 0.717) is 35.1 Å². The molecule has 1 heterocycles. The van der Waals surface area contributed by atoms with Gasteiger partial charge in [-0.25, -0.2) is 0 Å². The van der Waals surface area contributed by atoms with Gasteiger partial charge in [-0.15, -0.1) is 0 Å². The van der Waals surface area contributed by atoms with Gasteiger partial charge in [0.25, 0.3) is 5.91 Å². The van der Waals surface area contributed by atoms with Crippen LogP contribution in [0.25, 0.3) is 0 Å². The first-order chi connectivity index (χ1) is 15.6. The third kappa shape index (κ3) is 5.31. The fourth-order valence-corrected chi connectivity index (χ4v) is 3.26. The van der Waals surface area contributed by atoms with Gasteiger partial charge in [0.1, 0.15) is 11.5 Å². The highest BCUT2D eigenvalue weighted by Crippen LogP contribution is 2.26. The van der Waals surface area contributed by atoms with E-state index in [-0.39, 0.29) is 12.5 Å². The van der Waals surface area contributed by atoms with Crippen LogP contribution in [0.3, 0.4) is 0 Å². The summed E-state index contributed by atoms with van der Waals surface area (Å²) in [5.74, 6) is 2.14. The summed E-state index contributed by atoms with van der Waals surface area (Å²) in [5, 5.41) is 6.73. The molecule has 32 heavy (non-hydrogen) atoms. The van der Waals surface area contributed by atoms with Gasteiger partial charge in [-0.1, -0.05) is 35.5 Å². The molecular formula is C25H23N3O4. The molecule has 0 unspecified atom stereocenters. The number of hydrogen-bond donors (Lipinski definition) is 1. The van der Waals surface area contributed by atoms with Gasteiger partial charge in [0.2, 0.25) is 11.7 Å². The Bertz CT molecular complexity index is 1190. The average molecular weight is 429 g/mol. The second kappa shape index (κ2) is 9.78. The second-order valence-corrected chi connectivity index (χ2v) is 7.19. The van der Waals surface area contributed by atoms with Crippen LogP contribution in [-0.4, -0.2) is 23.2 Å². The molecule has 0 aliphatic rings. The summed E-state index contributed by atoms with van der Waals surface area (Å²) in [6.45, 7) is 1.91. The van der Waals surface area contributed by atoms with E-state index >= 15 is 0 Å². The SMILES string of the molecule is COc1ccc(NC(=O)c2ccc(OCc3noc(C)n3)cc2)cc1Cc1ccccc1. The molecule has 0 saturated carbocycles. The molecule has 0 atom stereocenters. The zero-order valence-electron chi connectivity index (χ0n) is 17.9. The first-order valence-corrected chi connectivity index (χ1v) is 10.1. The minimum absolute atomic E-state index is 0.193. The first-order valence-electron chi connectivity index (χ1n) is 10.1. The van der Waals surface area contributed by atoms with E-state index in [1.54, 1.807) is 38.3 Å². The van der Waals surface area contributed by atoms with Crippen molar-refractivity contribution in [2.45, 2.75) is 20.0 Å². The molecule has 7 nitrogen and oxygen atoms in total. The highest BCUT2D eigenvalue weighted by Gasteiger charge is 2.11. The number of hydrogen-bond acceptors (Lipinski definition) is 6. The van der Waals surface area contributed by atoms with Gasteiger partial charge in [0.15, 0.2) is 6.61 Å². The van der Waals surface area contributed by atoms with Crippen LogP contribution in [0.2, 0.25) is 0 Å². The molecule has 1 N–H and O–H groups in total. The number of carbonyl (C=O) groups is 1. The molecule has 1 aromatic heterocycles. The lowest BCUT2D eigenvalue weighted by atomic mass is 10.0. The van der Waals surface area contributed by atoms with E-state index < -0.39 is 0 Å². The van der Waals surface area contributed by atoms with Gasteiger partial charge in [-0.3, -0.25) is 4.79 Å². The van der Waals surface area contributed by atoms with Crippen molar-refractivity contribution in [2.24, 2.45) is 0 Å². The third-order valence-corrected chi connectivity index (χ3v) is 4.83. The molecule has 0 aliphatic heterocycles. The minimum atomic E-state index is -0.207. The van der Waals surface area contributed by atoms with E-state index in [0.717, 1.165) is 11.3 Å². The van der Waals surface area contributed by atoms with Crippen molar-refractivity contribution >= 4 is 11.6 Å². The topological polar surface area (TPSA) is 86.5 Å². The summed E-state index contributed by atoms with van der Waals surface area (Å²) in [6.07, 6.45) is 0.708. The number of nitrogens with zero attached hydrogens (tertiary/aromatic N) is 2. The molecule has 162 valence electrons. The number of aromatic nitrogens is 2. The maximum atomic E-state index is 12.7. The van der Waals surface area contributed by atoms with Crippen molar-refractivity contribution in [3.05, 3.63) is 101 Å². The number of nitrogens with one attached hydrogen (secondary N) is 1. The molecule has 0 bridgehead atoms. The number of methoxy groups -OCH3 is 1. The van der Waals surface area contributed by atoms with Crippen LogP contribution in [0.1, 0.15) is 33.2 Å². The highest BCUT2D eigenvalue weighted by atomic mass is 16.5. The molecule has 7 heteroatoms. The third-order valence-electron chi connectivity index (χ3n) is 4.83. The first kappa shape index (κ1) is 21.1. The summed E-state index contributed by atoms with van der Waals surface area (Å²) < 4.78 is 16.0. The number of amides is 1. The number of anilines is 1. The van der Waals surface area contributed by atoms with Crippen LogP contribution in [0.4, 0.5) is 5.69 Å². The van der Waals surface area contributed by atoms with Gasteiger partial charge in [0, 0.05) is 30.2 Å². The summed E-state index contributed by atoms with van der Waals surface area (Å²) in [4.78, 5) is 16.8. The van der Waals surface area contributed by atoms with Crippen LogP contribution in [-0.2, 0) is 13.0 Å². The Morgan fingerprint density at radius 1 is 1.03 bits per heavy atom. The molecular weight excluding hydrogens is 406 g/mol. The van der Waals surface area contributed by atoms with Crippen molar-refractivity contribution in [3.8, 4) is 11.5 Å². The van der Waals surface area contributed by atoms with Gasteiger partial charge in [-0.2, -0.15) is 4.98 Å². The molecule has 4 aromatic rings. The van der Waals surface area contributed by atoms with Gasteiger partial charge in [0.05, 0.1) is 7.11 Å². The largest absolute Gasteiger partial charge is 0.496 e. The number of ether oxygens (including phenoxy) is 2. The average Bonchev–Trinajstić information content (AvgIpc) is 3.24. The summed E-state index contributed by atoms with van der Waals surface area (Å²) in [6, 6.07) is 22.6. The number of rotatable bonds is 8. The standard InChI is InChI=1S/C25H23N3O4/c1-17-26-24(28-32-17)16-31-22-11-8-19(9-12-22)25(29)27-21-10-13-23(30-2)20(15-21)14-18-6-4-3-5-7-18/h3-13,15H,14,16H2,1-2H3,(H,27,29). The van der Waals surface area contributed by atoms with Crippen molar-refractivity contribution in [1.29, 1.82) is 0 Å². The predicted molar refractivity (Wildman–Crippen MR) is 120 cm³/mol. The van der Waals surface area contributed by atoms with Crippen molar-refractivity contribution in [3.63, 3.8) is 0 Å². The molecule has 0 fully saturated rings. The lowest BCUT2D eigenvalue weighted by Crippen LogP contribution is -2.12. The van der Waals surface area contributed by atoms with E-state index in [4.69, 9.17) is 14.0 Å². The van der Waals surface area contributed by atoms with Crippen LogP contribution in [0.15, 0.2) is 77.3 Å². The second-order valence-electron chi connectivity index (χ2n) is 7.19. The van der Waals surface area contributed by atoms with E-state index in [1.165, 1.54) is 5.56 Å². The van der Waals surface area contributed by atoms with E-state index in [9.17, 15) is 4.79 Å². The normalized spacial score (nSPS) is 10.6. The fourth-order valence-electron chi connectivity index (χ4n) is 3.26. The molecule has 0 saturated heterocycles. The van der Waals surface area contributed by atoms with Crippen molar-refractivity contribution in [1.82, 2.24) is 10.1 Å². The van der Waals surface area contributed by atoms with E-state index in [1.807, 2.05) is 36.4 Å². The maximum Gasteiger partial charge on any atom is 0.255 e. The number of carbonyl (C=O) groups excluding carboxylic acids is 1. The van der Waals surface area contributed by atoms with E-state index in [2.05, 4.69) is 27.6 Å². The Hall–Kier alpha value is -4.13. The van der Waals surface area contributed by atoms with Crippen LogP contribution < -0.4 is 14.8 Å². The molecule has 4 rings (SSSR count). The summed E-state index contributed by atoms with van der Waals surface area (Å²) >= 11 is 0. The number of benzene rings is 3. The molecule has 0 aliphatic carbocycles. The summed E-state index contributed by atoms with van der Waals surface area (Å²) in [5.41, 5.74) is 3.39. The Labute approximate surface area is 186 Å². The molecule has 3 aromatic carbocycles. The van der Waals surface area contributed by atoms with Crippen molar-refractivity contribution in [2.75, 3.05) is 12.4 Å². The Morgan fingerprint density at radius 2 is 1.81 bits per heavy atom. The quantitative estimate of drug-likeness (QED) is 0.433. The lowest BCUT2D eigenvalue weighted by Gasteiger charge is -2.12. The Morgan fingerprint density at radius 3 is 2.50 bits per heavy atom. The van der Waals surface area contributed by atoms with Gasteiger partial charge in [-0.05, 0) is 48.0 Å². The Balaban J connectivity index is 1.41. The monoisotopic (exact) mass is 429 g/mol. The lowest BCUT2D eigenvalue weighted by molar-refractivity contribution is 0.102. The van der Waals surface area contributed by atoms with Gasteiger partial charge < -0.3 is 19.3 Å². The number of aryl methyl sites for hydroxylation is 1. The molecule has 1 amide bonds. The fraction of sp³-hybridized carbons (Fsp3) is 0.160. The zero-order valence-corrected chi connectivity index (χ0v) is 17.9. The smallest absolute Gasteiger partial charge is 0.255 e. The summed E-state index contributed by atoms with van der Waals surface area (Å²) in [7, 11) is 1.64.